The van der Waals surface area contributed by atoms with Crippen molar-refractivity contribution in [2.24, 2.45) is 0 Å². The molecule has 1 amide bonds. The molecule has 0 radical (unpaired) electrons. The number of aryl methyl sites for hydroxylation is 1. The third-order valence-corrected chi connectivity index (χ3v) is 3.18. The van der Waals surface area contributed by atoms with E-state index in [1.54, 1.807) is 18.3 Å². The number of nitrogens with zero attached hydrogens (tertiary/aromatic N) is 1. The molecule has 94 valence electrons. The molecule has 18 heavy (non-hydrogen) atoms. The Bertz CT molecular complexity index is 548. The van der Waals surface area contributed by atoms with Crippen LogP contribution in [0.3, 0.4) is 0 Å². The number of benzene rings is 1. The summed E-state index contributed by atoms with van der Waals surface area (Å²) in [5.74, 6) is 1.13. The lowest BCUT2D eigenvalue weighted by Gasteiger charge is -2.10. The van der Waals surface area contributed by atoms with Gasteiger partial charge in [0, 0.05) is 9.13 Å². The highest BCUT2D eigenvalue weighted by atomic mass is 127. The Labute approximate surface area is 119 Å². The van der Waals surface area contributed by atoms with Gasteiger partial charge in [0.15, 0.2) is 0 Å². The molecule has 1 unspecified atom stereocenters. The lowest BCUT2D eigenvalue weighted by Crippen LogP contribution is -2.26. The molecule has 0 aliphatic heterocycles. The summed E-state index contributed by atoms with van der Waals surface area (Å²) in [5.41, 5.74) is 0.630. The molecule has 1 heterocycles. The summed E-state index contributed by atoms with van der Waals surface area (Å²) in [5, 5.41) is 2.85. The molecule has 1 atom stereocenters. The van der Waals surface area contributed by atoms with E-state index in [4.69, 9.17) is 4.42 Å². The van der Waals surface area contributed by atoms with Gasteiger partial charge in [-0.1, -0.05) is 0 Å². The van der Waals surface area contributed by atoms with Crippen LogP contribution in [-0.2, 0) is 0 Å². The molecule has 0 fully saturated rings. The van der Waals surface area contributed by atoms with Crippen LogP contribution >= 0.6 is 22.6 Å². The molecule has 1 aromatic heterocycles. The van der Waals surface area contributed by atoms with Crippen LogP contribution in [0.2, 0.25) is 0 Å². The number of carbonyl (C=O) groups is 1. The zero-order chi connectivity index (χ0) is 13.1. The first-order valence-corrected chi connectivity index (χ1v) is 6.63. The van der Waals surface area contributed by atoms with E-state index in [0.29, 0.717) is 11.5 Å². The summed E-state index contributed by atoms with van der Waals surface area (Å²) in [6, 6.07) is 7.14. The van der Waals surface area contributed by atoms with E-state index in [1.165, 1.54) is 0 Å². The normalized spacial score (nSPS) is 12.2. The number of aromatic nitrogens is 1. The molecule has 1 N–H and O–H groups in total. The zero-order valence-electron chi connectivity index (χ0n) is 10.1. The molecule has 2 rings (SSSR count). The highest BCUT2D eigenvalue weighted by Gasteiger charge is 2.15. The van der Waals surface area contributed by atoms with E-state index in [-0.39, 0.29) is 11.9 Å². The third-order valence-electron chi connectivity index (χ3n) is 2.46. The number of oxazole rings is 1. The summed E-state index contributed by atoms with van der Waals surface area (Å²) in [6.45, 7) is 3.67. The quantitative estimate of drug-likeness (QED) is 0.860. The molecule has 0 spiro atoms. The maximum Gasteiger partial charge on any atom is 0.251 e. The van der Waals surface area contributed by atoms with Gasteiger partial charge in [0.25, 0.3) is 5.91 Å². The second-order valence-corrected chi connectivity index (χ2v) is 5.26. The molecule has 4 nitrogen and oxygen atoms in total. The number of hydrogen-bond donors (Lipinski definition) is 1. The summed E-state index contributed by atoms with van der Waals surface area (Å²) in [7, 11) is 0. The minimum Gasteiger partial charge on any atom is -0.444 e. The fraction of sp³-hybridized carbons (Fsp3) is 0.231. The van der Waals surface area contributed by atoms with Crippen LogP contribution in [0.15, 0.2) is 34.9 Å². The first-order valence-electron chi connectivity index (χ1n) is 5.55. The molecular formula is C13H13IN2O2. The fourth-order valence-electron chi connectivity index (χ4n) is 1.52. The van der Waals surface area contributed by atoms with Gasteiger partial charge in [-0.3, -0.25) is 4.79 Å². The van der Waals surface area contributed by atoms with E-state index in [0.717, 1.165) is 9.33 Å². The minimum absolute atomic E-state index is 0.130. The van der Waals surface area contributed by atoms with Crippen molar-refractivity contribution in [3.8, 4) is 0 Å². The molecule has 2 aromatic rings. The van der Waals surface area contributed by atoms with E-state index < -0.39 is 0 Å². The van der Waals surface area contributed by atoms with Gasteiger partial charge in [-0.15, -0.1) is 0 Å². The molecule has 0 aliphatic carbocycles. The summed E-state index contributed by atoms with van der Waals surface area (Å²) >= 11 is 2.20. The topological polar surface area (TPSA) is 55.1 Å². The SMILES string of the molecule is Cc1cnc(C(C)NC(=O)c2ccc(I)cc2)o1. The van der Waals surface area contributed by atoms with E-state index in [1.807, 2.05) is 26.0 Å². The summed E-state index contributed by atoms with van der Waals surface area (Å²) in [4.78, 5) is 16.1. The van der Waals surface area contributed by atoms with E-state index >= 15 is 0 Å². The number of halogens is 1. The Hall–Kier alpha value is -1.37. The Morgan fingerprint density at radius 1 is 1.39 bits per heavy atom. The van der Waals surface area contributed by atoms with Crippen LogP contribution < -0.4 is 5.32 Å². The predicted molar refractivity (Wildman–Crippen MR) is 76.3 cm³/mol. The Kier molecular flexibility index (Phi) is 4.00. The number of carbonyl (C=O) groups excluding carboxylic acids is 1. The van der Waals surface area contributed by atoms with Crippen molar-refractivity contribution in [2.45, 2.75) is 19.9 Å². The summed E-state index contributed by atoms with van der Waals surface area (Å²) < 4.78 is 6.47. The monoisotopic (exact) mass is 356 g/mol. The number of rotatable bonds is 3. The molecule has 0 saturated heterocycles. The first kappa shape index (κ1) is 13.1. The predicted octanol–water partition coefficient (Wildman–Crippen LogP) is 3.08. The van der Waals surface area contributed by atoms with Crippen LogP contribution in [0.25, 0.3) is 0 Å². The molecule has 0 bridgehead atoms. The van der Waals surface area contributed by atoms with Crippen LogP contribution in [0.4, 0.5) is 0 Å². The number of hydrogen-bond acceptors (Lipinski definition) is 3. The third kappa shape index (κ3) is 3.10. The smallest absolute Gasteiger partial charge is 0.251 e. The van der Waals surface area contributed by atoms with E-state index in [2.05, 4.69) is 32.9 Å². The molecule has 0 saturated carbocycles. The van der Waals surface area contributed by atoms with Gasteiger partial charge in [0.1, 0.15) is 11.8 Å². The van der Waals surface area contributed by atoms with Crippen molar-refractivity contribution in [1.82, 2.24) is 10.3 Å². The lowest BCUT2D eigenvalue weighted by molar-refractivity contribution is 0.0934. The van der Waals surface area contributed by atoms with Crippen molar-refractivity contribution in [2.75, 3.05) is 0 Å². The maximum absolute atomic E-state index is 12.0. The van der Waals surface area contributed by atoms with Crippen molar-refractivity contribution in [1.29, 1.82) is 0 Å². The lowest BCUT2D eigenvalue weighted by atomic mass is 10.2. The standard InChI is InChI=1S/C13H13IN2O2/c1-8-7-15-13(18-8)9(2)16-12(17)10-3-5-11(14)6-4-10/h3-7,9H,1-2H3,(H,16,17). The molecule has 5 heteroatoms. The van der Waals surface area contributed by atoms with E-state index in [9.17, 15) is 4.79 Å². The molecule has 1 aromatic carbocycles. The van der Waals surface area contributed by atoms with Gasteiger partial charge < -0.3 is 9.73 Å². The van der Waals surface area contributed by atoms with Crippen molar-refractivity contribution in [3.63, 3.8) is 0 Å². The highest BCUT2D eigenvalue weighted by Crippen LogP contribution is 2.13. The number of nitrogens with one attached hydrogen (secondary N) is 1. The molecule has 0 aliphatic rings. The van der Waals surface area contributed by atoms with Crippen molar-refractivity contribution < 1.29 is 9.21 Å². The second kappa shape index (κ2) is 5.51. The van der Waals surface area contributed by atoms with Crippen LogP contribution in [0, 0.1) is 10.5 Å². The maximum atomic E-state index is 12.0. The van der Waals surface area contributed by atoms with Crippen molar-refractivity contribution in [3.05, 3.63) is 51.2 Å². The van der Waals surface area contributed by atoms with Crippen LogP contribution in [0.5, 0.6) is 0 Å². The zero-order valence-corrected chi connectivity index (χ0v) is 12.3. The van der Waals surface area contributed by atoms with Crippen molar-refractivity contribution >= 4 is 28.5 Å². The Balaban J connectivity index is 2.05. The van der Waals surface area contributed by atoms with Gasteiger partial charge in [0.05, 0.1) is 6.20 Å². The van der Waals surface area contributed by atoms with Gasteiger partial charge >= 0.3 is 0 Å². The van der Waals surface area contributed by atoms with Crippen LogP contribution in [0.1, 0.15) is 35.0 Å². The second-order valence-electron chi connectivity index (χ2n) is 4.01. The Morgan fingerprint density at radius 2 is 2.06 bits per heavy atom. The van der Waals surface area contributed by atoms with Gasteiger partial charge in [-0.05, 0) is 60.7 Å². The largest absolute Gasteiger partial charge is 0.444 e. The minimum atomic E-state index is -0.245. The number of amides is 1. The average Bonchev–Trinajstić information content (AvgIpc) is 2.76. The van der Waals surface area contributed by atoms with Crippen LogP contribution in [-0.4, -0.2) is 10.9 Å². The highest BCUT2D eigenvalue weighted by molar-refractivity contribution is 14.1. The summed E-state index contributed by atoms with van der Waals surface area (Å²) in [6.07, 6.45) is 1.64. The van der Waals surface area contributed by atoms with Gasteiger partial charge in [-0.2, -0.15) is 0 Å². The molecular weight excluding hydrogens is 343 g/mol. The fourth-order valence-corrected chi connectivity index (χ4v) is 1.87. The average molecular weight is 356 g/mol. The van der Waals surface area contributed by atoms with Gasteiger partial charge in [-0.25, -0.2) is 4.98 Å². The van der Waals surface area contributed by atoms with Gasteiger partial charge in [0.2, 0.25) is 5.89 Å². The first-order chi connectivity index (χ1) is 8.56. The Morgan fingerprint density at radius 3 is 2.61 bits per heavy atom.